The maximum atomic E-state index is 12.1. The van der Waals surface area contributed by atoms with Gasteiger partial charge in [0.1, 0.15) is 0 Å². The maximum absolute atomic E-state index is 12.1. The molecule has 0 aromatic heterocycles. The SMILES string of the molecule is CN1CCN(Cc2ccc(CNS(=O)(=O)N(C)CCC#N)cc2)CC1. The van der Waals surface area contributed by atoms with Crippen molar-refractivity contribution in [2.75, 3.05) is 46.8 Å². The topological polar surface area (TPSA) is 79.7 Å². The summed E-state index contributed by atoms with van der Waals surface area (Å²) in [7, 11) is 0.0654. The first kappa shape index (κ1) is 19.8. The molecule has 1 heterocycles. The van der Waals surface area contributed by atoms with Crippen LogP contribution in [0, 0.1) is 11.3 Å². The Morgan fingerprint density at radius 3 is 2.36 bits per heavy atom. The molecule has 8 heteroatoms. The Bertz CT molecular complexity index is 676. The second kappa shape index (κ2) is 9.27. The Morgan fingerprint density at radius 2 is 1.76 bits per heavy atom. The number of piperazine rings is 1. The third-order valence-electron chi connectivity index (χ3n) is 4.43. The van der Waals surface area contributed by atoms with Gasteiger partial charge in [0.05, 0.1) is 6.07 Å². The van der Waals surface area contributed by atoms with Crippen LogP contribution in [0.1, 0.15) is 17.5 Å². The number of likely N-dealkylation sites (N-methyl/N-ethyl adjacent to an activating group) is 1. The van der Waals surface area contributed by atoms with Crippen LogP contribution in [0.2, 0.25) is 0 Å². The molecule has 7 nitrogen and oxygen atoms in total. The van der Waals surface area contributed by atoms with E-state index in [1.165, 1.54) is 12.6 Å². The first-order valence-electron chi connectivity index (χ1n) is 8.47. The van der Waals surface area contributed by atoms with Gasteiger partial charge in [-0.15, -0.1) is 0 Å². The van der Waals surface area contributed by atoms with Crippen molar-refractivity contribution in [1.82, 2.24) is 18.8 Å². The van der Waals surface area contributed by atoms with Crippen LogP contribution in [-0.2, 0) is 23.3 Å². The van der Waals surface area contributed by atoms with Crippen molar-refractivity contribution >= 4 is 10.2 Å². The lowest BCUT2D eigenvalue weighted by Crippen LogP contribution is -2.43. The van der Waals surface area contributed by atoms with Crippen molar-refractivity contribution < 1.29 is 8.42 Å². The largest absolute Gasteiger partial charge is 0.304 e. The van der Waals surface area contributed by atoms with Crippen LogP contribution in [0.15, 0.2) is 24.3 Å². The number of nitrogens with zero attached hydrogens (tertiary/aromatic N) is 4. The summed E-state index contributed by atoms with van der Waals surface area (Å²) in [5.41, 5.74) is 2.15. The fourth-order valence-electron chi connectivity index (χ4n) is 2.64. The van der Waals surface area contributed by atoms with Crippen molar-refractivity contribution in [2.45, 2.75) is 19.5 Å². The molecule has 1 aliphatic heterocycles. The molecule has 1 aliphatic rings. The van der Waals surface area contributed by atoms with Gasteiger partial charge in [0.15, 0.2) is 0 Å². The highest BCUT2D eigenvalue weighted by molar-refractivity contribution is 7.87. The van der Waals surface area contributed by atoms with Crippen molar-refractivity contribution in [3.05, 3.63) is 35.4 Å². The first-order valence-corrected chi connectivity index (χ1v) is 9.91. The van der Waals surface area contributed by atoms with Crippen LogP contribution in [-0.4, -0.2) is 69.3 Å². The summed E-state index contributed by atoms with van der Waals surface area (Å²) in [5, 5.41) is 8.55. The fraction of sp³-hybridized carbons (Fsp3) is 0.588. The van der Waals surface area contributed by atoms with Crippen LogP contribution in [0.5, 0.6) is 0 Å². The molecule has 1 fully saturated rings. The van der Waals surface area contributed by atoms with Gasteiger partial charge in [-0.2, -0.15) is 22.7 Å². The monoisotopic (exact) mass is 365 g/mol. The number of hydrogen-bond donors (Lipinski definition) is 1. The summed E-state index contributed by atoms with van der Waals surface area (Å²) >= 11 is 0. The lowest BCUT2D eigenvalue weighted by Gasteiger charge is -2.32. The third kappa shape index (κ3) is 6.38. The van der Waals surface area contributed by atoms with E-state index in [0.717, 1.165) is 42.6 Å². The van der Waals surface area contributed by atoms with Gasteiger partial charge in [-0.1, -0.05) is 24.3 Å². The number of nitriles is 1. The summed E-state index contributed by atoms with van der Waals surface area (Å²) in [4.78, 5) is 4.77. The van der Waals surface area contributed by atoms with Gasteiger partial charge in [0.25, 0.3) is 10.2 Å². The average Bonchev–Trinajstić information content (AvgIpc) is 2.61. The first-order chi connectivity index (χ1) is 11.9. The Balaban J connectivity index is 1.83. The van der Waals surface area contributed by atoms with Gasteiger partial charge in [0.2, 0.25) is 0 Å². The number of hydrogen-bond acceptors (Lipinski definition) is 5. The quantitative estimate of drug-likeness (QED) is 0.730. The van der Waals surface area contributed by atoms with Gasteiger partial charge in [-0.3, -0.25) is 4.90 Å². The normalized spacial score (nSPS) is 16.9. The predicted octanol–water partition coefficient (Wildman–Crippen LogP) is 0.614. The Kier molecular flexibility index (Phi) is 7.35. The summed E-state index contributed by atoms with van der Waals surface area (Å²) in [6.07, 6.45) is 0.179. The third-order valence-corrected chi connectivity index (χ3v) is 5.94. The summed E-state index contributed by atoms with van der Waals surface area (Å²) in [6, 6.07) is 9.98. The van der Waals surface area contributed by atoms with E-state index in [1.54, 1.807) is 0 Å². The zero-order chi connectivity index (χ0) is 18.3. The summed E-state index contributed by atoms with van der Waals surface area (Å²) < 4.78 is 27.8. The van der Waals surface area contributed by atoms with E-state index in [9.17, 15) is 8.42 Å². The molecule has 0 spiro atoms. The van der Waals surface area contributed by atoms with Gasteiger partial charge in [-0.25, -0.2) is 0 Å². The van der Waals surface area contributed by atoms with E-state index in [2.05, 4.69) is 33.7 Å². The smallest absolute Gasteiger partial charge is 0.279 e. The molecule has 138 valence electrons. The molecule has 0 unspecified atom stereocenters. The molecule has 1 aromatic rings. The van der Waals surface area contributed by atoms with Gasteiger partial charge < -0.3 is 4.90 Å². The molecule has 0 amide bonds. The van der Waals surface area contributed by atoms with Gasteiger partial charge in [-0.05, 0) is 18.2 Å². The molecule has 0 aliphatic carbocycles. The van der Waals surface area contributed by atoms with Crippen molar-refractivity contribution in [2.24, 2.45) is 0 Å². The molecule has 1 aromatic carbocycles. The number of benzene rings is 1. The molecule has 0 radical (unpaired) electrons. The van der Waals surface area contributed by atoms with Crippen LogP contribution in [0.25, 0.3) is 0 Å². The highest BCUT2D eigenvalue weighted by Gasteiger charge is 2.17. The Morgan fingerprint density at radius 1 is 1.16 bits per heavy atom. The maximum Gasteiger partial charge on any atom is 0.279 e. The Hall–Kier alpha value is -1.50. The molecule has 25 heavy (non-hydrogen) atoms. The number of rotatable bonds is 8. The standard InChI is InChI=1S/C17H27N5O2S/c1-20-10-12-22(13-11-20)15-17-6-4-16(5-7-17)14-19-25(23,24)21(2)9-3-8-18/h4-7,19H,3,9-15H2,1-2H3. The van der Waals surface area contributed by atoms with Crippen LogP contribution < -0.4 is 4.72 Å². The van der Waals surface area contributed by atoms with Crippen molar-refractivity contribution in [1.29, 1.82) is 5.26 Å². The highest BCUT2D eigenvalue weighted by atomic mass is 32.2. The Labute approximate surface area is 151 Å². The number of nitrogens with one attached hydrogen (secondary N) is 1. The van der Waals surface area contributed by atoms with Gasteiger partial charge >= 0.3 is 0 Å². The molecule has 1 saturated heterocycles. The molecule has 1 N–H and O–H groups in total. The van der Waals surface area contributed by atoms with E-state index in [-0.39, 0.29) is 19.5 Å². The minimum Gasteiger partial charge on any atom is -0.304 e. The van der Waals surface area contributed by atoms with E-state index >= 15 is 0 Å². The molecule has 0 bridgehead atoms. The van der Waals surface area contributed by atoms with E-state index in [0.29, 0.717) is 0 Å². The molecular weight excluding hydrogens is 338 g/mol. The molecule has 2 rings (SSSR count). The molecular formula is C17H27N5O2S. The second-order valence-corrected chi connectivity index (χ2v) is 8.31. The van der Waals surface area contributed by atoms with Crippen LogP contribution in [0.3, 0.4) is 0 Å². The average molecular weight is 366 g/mol. The van der Waals surface area contributed by atoms with Crippen molar-refractivity contribution in [3.63, 3.8) is 0 Å². The molecule has 0 atom stereocenters. The zero-order valence-electron chi connectivity index (χ0n) is 15.0. The van der Waals surface area contributed by atoms with Crippen molar-refractivity contribution in [3.8, 4) is 6.07 Å². The zero-order valence-corrected chi connectivity index (χ0v) is 15.8. The predicted molar refractivity (Wildman–Crippen MR) is 97.8 cm³/mol. The van der Waals surface area contributed by atoms with E-state index in [1.807, 2.05) is 18.2 Å². The minimum absolute atomic E-state index is 0.179. The van der Waals surface area contributed by atoms with E-state index in [4.69, 9.17) is 5.26 Å². The highest BCUT2D eigenvalue weighted by Crippen LogP contribution is 2.10. The lowest BCUT2D eigenvalue weighted by atomic mass is 10.1. The van der Waals surface area contributed by atoms with E-state index < -0.39 is 10.2 Å². The minimum atomic E-state index is -3.55. The van der Waals surface area contributed by atoms with Gasteiger partial charge in [0, 0.05) is 59.3 Å². The van der Waals surface area contributed by atoms with Crippen LogP contribution in [0.4, 0.5) is 0 Å². The summed E-state index contributed by atoms with van der Waals surface area (Å²) in [6.45, 7) is 5.71. The van der Waals surface area contributed by atoms with Crippen LogP contribution >= 0.6 is 0 Å². The fourth-order valence-corrected chi connectivity index (χ4v) is 3.54. The summed E-state index contributed by atoms with van der Waals surface area (Å²) in [5.74, 6) is 0. The second-order valence-electron chi connectivity index (χ2n) is 6.45. The molecule has 0 saturated carbocycles. The lowest BCUT2D eigenvalue weighted by molar-refractivity contribution is 0.148.